The van der Waals surface area contributed by atoms with Crippen LogP contribution < -0.4 is 11.5 Å². The molecular weight excluding hydrogens is 965 g/mol. The van der Waals surface area contributed by atoms with Gasteiger partial charge in [-0.1, -0.05) is 0 Å². The predicted molar refractivity (Wildman–Crippen MR) is 255 cm³/mol. The van der Waals surface area contributed by atoms with Crippen molar-refractivity contribution in [1.82, 2.24) is 29.9 Å². The molecule has 4 aliphatic rings. The predicted octanol–water partition coefficient (Wildman–Crippen LogP) is 7.16. The average molecular weight is 1010 g/mol. The molecule has 4 atom stereocenters. The molecule has 8 heterocycles. The first-order valence-electron chi connectivity index (χ1n) is 21.6. The van der Waals surface area contributed by atoms with Crippen molar-refractivity contribution in [2.24, 2.45) is 33.3 Å². The Bertz CT molecular complexity index is 3380. The van der Waals surface area contributed by atoms with E-state index in [2.05, 4.69) is 60.7 Å². The second-order valence-corrected chi connectivity index (χ2v) is 24.3. The second kappa shape index (κ2) is 16.4. The Hall–Kier alpha value is -5.91. The van der Waals surface area contributed by atoms with Crippen molar-refractivity contribution in [1.29, 1.82) is 0 Å². The summed E-state index contributed by atoms with van der Waals surface area (Å²) in [5.41, 5.74) is 14.2. The molecule has 6 aromatic heterocycles. The first-order valence-corrected chi connectivity index (χ1v) is 25.7. The molecule has 10 rings (SSSR count). The van der Waals surface area contributed by atoms with Gasteiger partial charge in [0.15, 0.2) is 19.7 Å². The average Bonchev–Trinajstić information content (AvgIpc) is 4.21. The Morgan fingerprint density at radius 3 is 1.51 bits per heavy atom. The fourth-order valence-electron chi connectivity index (χ4n) is 9.49. The molecule has 0 amide bonds. The maximum absolute atomic E-state index is 15.0. The highest BCUT2D eigenvalue weighted by Gasteiger charge is 2.60. The van der Waals surface area contributed by atoms with Crippen molar-refractivity contribution >= 4 is 74.8 Å². The van der Waals surface area contributed by atoms with E-state index in [1.807, 2.05) is 12.1 Å². The quantitative estimate of drug-likeness (QED) is 0.145. The van der Waals surface area contributed by atoms with Crippen molar-refractivity contribution in [2.45, 2.75) is 86.8 Å². The zero-order chi connectivity index (χ0) is 47.9. The highest BCUT2D eigenvalue weighted by Crippen LogP contribution is 2.51. The monoisotopic (exact) mass is 1010 g/mol. The van der Waals surface area contributed by atoms with Gasteiger partial charge in [0.2, 0.25) is 5.69 Å². The van der Waals surface area contributed by atoms with Gasteiger partial charge in [0, 0.05) is 70.0 Å². The summed E-state index contributed by atoms with van der Waals surface area (Å²) in [6.45, 7) is 13.6. The molecule has 0 radical (unpaired) electrons. The number of sulfone groups is 2. The van der Waals surface area contributed by atoms with E-state index in [-0.39, 0.29) is 52.6 Å². The molecule has 0 unspecified atom stereocenters. The molecule has 0 aromatic carbocycles. The minimum atomic E-state index is -3.68. The molecule has 4 N–H and O–H groups in total. The number of hydrogen-bond donors (Lipinski definition) is 2. The van der Waals surface area contributed by atoms with Crippen LogP contribution >= 0.6 is 15.9 Å². The van der Waals surface area contributed by atoms with Crippen molar-refractivity contribution in [2.75, 3.05) is 11.5 Å². The molecular formula is C47H46BrF2N11O4S2. The number of amidine groups is 2. The Morgan fingerprint density at radius 2 is 1.09 bits per heavy atom. The molecule has 6 aromatic rings. The molecule has 0 saturated heterocycles. The highest BCUT2D eigenvalue weighted by molar-refractivity contribution is 9.10. The van der Waals surface area contributed by atoms with E-state index in [4.69, 9.17) is 18.0 Å². The Labute approximate surface area is 394 Å². The largest absolute Gasteiger partial charge is 0.386 e. The molecule has 0 bridgehead atoms. The molecule has 2 fully saturated rings. The van der Waals surface area contributed by atoms with Gasteiger partial charge in [0.05, 0.1) is 52.9 Å². The summed E-state index contributed by atoms with van der Waals surface area (Å²) >= 11 is 3.42. The minimum absolute atomic E-state index is 0.0291. The SMILES string of the molecule is C[C@@]1(c2cc(Cc3nccc4cc(Br)cnc34)ncc2F)CS(=O)(=O)[C@@](C)(C2CC2)C(N)=N1.[C-]#[N+]c1cnc2c(Cc3cc([C@]4(C)CS(=O)(=O)[C@@](C)(C5CC5)C(N)=N4)c(F)cn3)nccc2c1. The third kappa shape index (κ3) is 8.11. The number of aromatic nitrogens is 6. The Kier molecular flexibility index (Phi) is 11.3. The first kappa shape index (κ1) is 46.2. The lowest BCUT2D eigenvalue weighted by Gasteiger charge is -2.40. The van der Waals surface area contributed by atoms with E-state index in [0.29, 0.717) is 40.4 Å². The van der Waals surface area contributed by atoms with E-state index >= 15 is 0 Å². The standard InChI is InChI=1S/C24H23FN6O2S.C23H23BrFN5O2S/c1-23(13-34(32,33)24(2,15-4-5-15)22(26)31-23)18-9-16(29-12-19(18)25)10-20-21-14(6-7-28-20)8-17(27-3)11-30-21;1-22(12-33(31,32)23(2,14-3-4-14)21(26)30-22)17-8-16(28-11-18(17)25)9-19-20-13(5-6-27-19)7-15(24)10-29-20/h6-9,11-12,15H,4-5,10,13H2,1-2H3,(H2,26,31);5-8,10-11,14H,3-4,9,12H2,1-2H3,(H2,26,30)/t23-,24-;22-,23-/m00/s1. The van der Waals surface area contributed by atoms with Gasteiger partial charge in [-0.05, 0) is 123 Å². The van der Waals surface area contributed by atoms with Crippen molar-refractivity contribution in [3.8, 4) is 0 Å². The third-order valence-electron chi connectivity index (χ3n) is 13.8. The number of pyridine rings is 6. The van der Waals surface area contributed by atoms with Crippen LogP contribution in [0.5, 0.6) is 0 Å². The number of fused-ring (bicyclic) bond motifs is 2. The van der Waals surface area contributed by atoms with Crippen molar-refractivity contribution in [3.05, 3.63) is 135 Å². The molecule has 0 spiro atoms. The number of nitrogens with two attached hydrogens (primary N) is 2. The molecule has 67 heavy (non-hydrogen) atoms. The maximum Gasteiger partial charge on any atom is 0.205 e. The van der Waals surface area contributed by atoms with E-state index in [0.717, 1.165) is 58.8 Å². The van der Waals surface area contributed by atoms with E-state index in [1.54, 1.807) is 64.5 Å². The van der Waals surface area contributed by atoms with Crippen LogP contribution in [0.25, 0.3) is 26.7 Å². The van der Waals surface area contributed by atoms with Gasteiger partial charge in [0.1, 0.15) is 43.9 Å². The first-order chi connectivity index (χ1) is 31.6. The Balaban J connectivity index is 0.000000168. The summed E-state index contributed by atoms with van der Waals surface area (Å²) in [5.74, 6) is -1.87. The van der Waals surface area contributed by atoms with Gasteiger partial charge in [-0.2, -0.15) is 0 Å². The Morgan fingerprint density at radius 1 is 0.657 bits per heavy atom. The lowest BCUT2D eigenvalue weighted by Crippen LogP contribution is -2.58. The normalized spacial score (nSPS) is 26.5. The van der Waals surface area contributed by atoms with Crippen LogP contribution in [0.4, 0.5) is 14.5 Å². The maximum atomic E-state index is 15.0. The van der Waals surface area contributed by atoms with Crippen LogP contribution in [0.3, 0.4) is 0 Å². The summed E-state index contributed by atoms with van der Waals surface area (Å²) in [6, 6.07) is 10.4. The molecule has 2 aliphatic carbocycles. The van der Waals surface area contributed by atoms with E-state index in [9.17, 15) is 25.6 Å². The van der Waals surface area contributed by atoms with Crippen LogP contribution in [-0.2, 0) is 43.6 Å². The lowest BCUT2D eigenvalue weighted by atomic mass is 9.92. The van der Waals surface area contributed by atoms with Gasteiger partial charge < -0.3 is 11.5 Å². The number of nitrogens with zero attached hydrogens (tertiary/aromatic N) is 9. The summed E-state index contributed by atoms with van der Waals surface area (Å²) < 4.78 is 81.7. The lowest BCUT2D eigenvalue weighted by molar-refractivity contribution is 0.460. The summed E-state index contributed by atoms with van der Waals surface area (Å²) in [5, 5.41) is 1.68. The minimum Gasteiger partial charge on any atom is -0.386 e. The van der Waals surface area contributed by atoms with Crippen LogP contribution in [0.1, 0.15) is 87.3 Å². The topological polar surface area (TPSA) is 227 Å². The van der Waals surface area contributed by atoms with Crippen LogP contribution in [0, 0.1) is 30.0 Å². The molecule has 2 aliphatic heterocycles. The third-order valence-corrected chi connectivity index (χ3v) is 19.8. The van der Waals surface area contributed by atoms with Crippen LogP contribution in [0.15, 0.2) is 88.0 Å². The number of aliphatic imine (C=N–C) groups is 2. The summed E-state index contributed by atoms with van der Waals surface area (Å²) in [7, 11) is -7.33. The van der Waals surface area contributed by atoms with Gasteiger partial charge in [-0.25, -0.2) is 30.5 Å². The van der Waals surface area contributed by atoms with E-state index in [1.165, 1.54) is 12.3 Å². The highest BCUT2D eigenvalue weighted by atomic mass is 79.9. The fraction of sp³-hybridized carbons (Fsp3) is 0.383. The van der Waals surface area contributed by atoms with Gasteiger partial charge >= 0.3 is 0 Å². The molecule has 15 nitrogen and oxygen atoms in total. The van der Waals surface area contributed by atoms with Gasteiger partial charge in [-0.3, -0.25) is 39.9 Å². The van der Waals surface area contributed by atoms with Crippen molar-refractivity contribution < 1.29 is 25.6 Å². The fourth-order valence-corrected chi connectivity index (χ4v) is 14.6. The molecule has 20 heteroatoms. The second-order valence-electron chi connectivity index (χ2n) is 18.6. The number of halogens is 3. The zero-order valence-electron chi connectivity index (χ0n) is 37.0. The van der Waals surface area contributed by atoms with E-state index < -0.39 is 51.9 Å². The van der Waals surface area contributed by atoms with Gasteiger partial charge in [-0.15, -0.1) is 0 Å². The van der Waals surface area contributed by atoms with Crippen LogP contribution in [0.2, 0.25) is 0 Å². The van der Waals surface area contributed by atoms with Gasteiger partial charge in [0.25, 0.3) is 0 Å². The molecule has 346 valence electrons. The summed E-state index contributed by atoms with van der Waals surface area (Å²) in [4.78, 5) is 38.6. The summed E-state index contributed by atoms with van der Waals surface area (Å²) in [6.07, 6.45) is 12.4. The number of hydrogen-bond acceptors (Lipinski definition) is 14. The van der Waals surface area contributed by atoms with Crippen molar-refractivity contribution in [3.63, 3.8) is 0 Å². The molecule has 2 saturated carbocycles. The smallest absolute Gasteiger partial charge is 0.205 e. The zero-order valence-corrected chi connectivity index (χ0v) is 40.2. The van der Waals surface area contributed by atoms with Crippen LogP contribution in [-0.4, -0.2) is 79.4 Å². The number of rotatable bonds is 8.